The van der Waals surface area contributed by atoms with Crippen LogP contribution in [0.25, 0.3) is 10.8 Å². The van der Waals surface area contributed by atoms with Gasteiger partial charge in [-0.25, -0.2) is 0 Å². The third-order valence-corrected chi connectivity index (χ3v) is 3.26. The molecule has 0 spiro atoms. The molecule has 0 saturated heterocycles. The summed E-state index contributed by atoms with van der Waals surface area (Å²) < 4.78 is 0. The van der Waals surface area contributed by atoms with Crippen LogP contribution in [0.3, 0.4) is 0 Å². The van der Waals surface area contributed by atoms with Gasteiger partial charge in [0.25, 0.3) is 0 Å². The van der Waals surface area contributed by atoms with Gasteiger partial charge in [0.1, 0.15) is 0 Å². The Morgan fingerprint density at radius 2 is 1.80 bits per heavy atom. The van der Waals surface area contributed by atoms with Gasteiger partial charge in [-0.2, -0.15) is 10.2 Å². The smallest absolute Gasteiger partial charge is 0.197 e. The maximum absolute atomic E-state index is 12.7. The zero-order valence-corrected chi connectivity index (χ0v) is 11.3. The third-order valence-electron chi connectivity index (χ3n) is 3.26. The van der Waals surface area contributed by atoms with Crippen LogP contribution in [0.5, 0.6) is 0 Å². The monoisotopic (exact) mass is 263 g/mol. The van der Waals surface area contributed by atoms with Crippen molar-refractivity contribution in [1.29, 1.82) is 0 Å². The number of fused-ring (bicyclic) bond motifs is 1. The second kappa shape index (κ2) is 4.81. The zero-order chi connectivity index (χ0) is 14.1. The Bertz CT molecular complexity index is 806. The second-order valence-corrected chi connectivity index (χ2v) is 4.72. The summed E-state index contributed by atoms with van der Waals surface area (Å²) in [5.74, 6) is -0.0650. The predicted molar refractivity (Wildman–Crippen MR) is 76.7 cm³/mol. The lowest BCUT2D eigenvalue weighted by molar-refractivity contribution is 0.103. The topological polar surface area (TPSA) is 55.7 Å². The molecule has 0 amide bonds. The molecule has 0 aliphatic rings. The van der Waals surface area contributed by atoms with E-state index in [1.165, 1.54) is 0 Å². The van der Waals surface area contributed by atoms with Crippen molar-refractivity contribution in [1.82, 2.24) is 15.2 Å². The maximum atomic E-state index is 12.7. The van der Waals surface area contributed by atoms with E-state index in [4.69, 9.17) is 0 Å². The summed E-state index contributed by atoms with van der Waals surface area (Å²) in [5.41, 5.74) is 2.54. The summed E-state index contributed by atoms with van der Waals surface area (Å²) in [6.45, 7) is 3.61. The van der Waals surface area contributed by atoms with Crippen molar-refractivity contribution < 1.29 is 4.79 Å². The number of benzene rings is 1. The lowest BCUT2D eigenvalue weighted by Gasteiger charge is -2.07. The first-order chi connectivity index (χ1) is 9.66. The van der Waals surface area contributed by atoms with Gasteiger partial charge in [-0.15, -0.1) is 0 Å². The molecule has 0 unspecified atom stereocenters. The van der Waals surface area contributed by atoms with Gasteiger partial charge < -0.3 is 0 Å². The molecular formula is C16H13N3O. The molecule has 1 aromatic carbocycles. The normalized spacial score (nSPS) is 10.7. The number of rotatable bonds is 2. The molecule has 0 bridgehead atoms. The van der Waals surface area contributed by atoms with Gasteiger partial charge in [0, 0.05) is 28.9 Å². The van der Waals surface area contributed by atoms with E-state index in [0.717, 1.165) is 16.5 Å². The lowest BCUT2D eigenvalue weighted by Crippen LogP contribution is -2.08. The van der Waals surface area contributed by atoms with Crippen LogP contribution < -0.4 is 0 Å². The summed E-state index contributed by atoms with van der Waals surface area (Å²) in [5, 5.41) is 9.83. The highest BCUT2D eigenvalue weighted by atomic mass is 16.1. The largest absolute Gasteiger partial charge is 0.288 e. The Morgan fingerprint density at radius 1 is 1.00 bits per heavy atom. The van der Waals surface area contributed by atoms with E-state index in [1.54, 1.807) is 25.4 Å². The SMILES string of the molecule is Cc1cc(C(=O)c2cncc3ccccc23)c(C)nn1. The minimum atomic E-state index is -0.0650. The molecule has 0 fully saturated rings. The van der Waals surface area contributed by atoms with E-state index in [1.807, 2.05) is 31.2 Å². The van der Waals surface area contributed by atoms with E-state index in [9.17, 15) is 4.79 Å². The highest BCUT2D eigenvalue weighted by molar-refractivity contribution is 6.16. The fraction of sp³-hybridized carbons (Fsp3) is 0.125. The molecule has 0 radical (unpaired) electrons. The summed E-state index contributed by atoms with van der Waals surface area (Å²) in [6, 6.07) is 9.50. The highest BCUT2D eigenvalue weighted by Crippen LogP contribution is 2.21. The summed E-state index contributed by atoms with van der Waals surface area (Å²) >= 11 is 0. The molecule has 2 heterocycles. The van der Waals surface area contributed by atoms with E-state index in [0.29, 0.717) is 16.8 Å². The van der Waals surface area contributed by atoms with Crippen molar-refractivity contribution in [3.05, 3.63) is 65.2 Å². The average molecular weight is 263 g/mol. The Labute approximate surface area is 116 Å². The van der Waals surface area contributed by atoms with Gasteiger partial charge in [-0.3, -0.25) is 9.78 Å². The van der Waals surface area contributed by atoms with Crippen LogP contribution in [-0.4, -0.2) is 21.0 Å². The van der Waals surface area contributed by atoms with Crippen molar-refractivity contribution >= 4 is 16.6 Å². The fourth-order valence-corrected chi connectivity index (χ4v) is 2.22. The van der Waals surface area contributed by atoms with Crippen LogP contribution in [0.2, 0.25) is 0 Å². The van der Waals surface area contributed by atoms with Crippen LogP contribution in [0.15, 0.2) is 42.7 Å². The number of ketones is 1. The van der Waals surface area contributed by atoms with Crippen LogP contribution in [-0.2, 0) is 0 Å². The number of hydrogen-bond donors (Lipinski definition) is 0. The second-order valence-electron chi connectivity index (χ2n) is 4.72. The molecule has 2 aromatic heterocycles. The Morgan fingerprint density at radius 3 is 2.65 bits per heavy atom. The Kier molecular flexibility index (Phi) is 2.99. The number of aromatic nitrogens is 3. The van der Waals surface area contributed by atoms with Crippen molar-refractivity contribution in [3.8, 4) is 0 Å². The molecule has 3 aromatic rings. The highest BCUT2D eigenvalue weighted by Gasteiger charge is 2.16. The summed E-state index contributed by atoms with van der Waals surface area (Å²) in [4.78, 5) is 16.9. The van der Waals surface area contributed by atoms with E-state index in [-0.39, 0.29) is 5.78 Å². The number of hydrogen-bond acceptors (Lipinski definition) is 4. The van der Waals surface area contributed by atoms with Crippen LogP contribution in [0.1, 0.15) is 27.3 Å². The molecule has 4 nitrogen and oxygen atoms in total. The fourth-order valence-electron chi connectivity index (χ4n) is 2.22. The molecule has 0 N–H and O–H groups in total. The summed E-state index contributed by atoms with van der Waals surface area (Å²) in [7, 11) is 0. The molecule has 3 rings (SSSR count). The minimum Gasteiger partial charge on any atom is -0.288 e. The van der Waals surface area contributed by atoms with Gasteiger partial charge in [0.15, 0.2) is 5.78 Å². The molecule has 0 aliphatic carbocycles. The number of pyridine rings is 1. The third kappa shape index (κ3) is 2.05. The van der Waals surface area contributed by atoms with Crippen molar-refractivity contribution in [2.24, 2.45) is 0 Å². The first-order valence-corrected chi connectivity index (χ1v) is 6.35. The standard InChI is InChI=1S/C16H13N3O/c1-10-7-14(11(2)19-18-10)16(20)15-9-17-8-12-5-3-4-6-13(12)15/h3-9H,1-2H3. The van der Waals surface area contributed by atoms with Crippen molar-refractivity contribution in [2.45, 2.75) is 13.8 Å². The Balaban J connectivity index is 2.20. The summed E-state index contributed by atoms with van der Waals surface area (Å²) in [6.07, 6.45) is 3.37. The molecule has 20 heavy (non-hydrogen) atoms. The zero-order valence-electron chi connectivity index (χ0n) is 11.3. The quantitative estimate of drug-likeness (QED) is 0.667. The van der Waals surface area contributed by atoms with Crippen LogP contribution in [0, 0.1) is 13.8 Å². The van der Waals surface area contributed by atoms with Crippen LogP contribution in [0.4, 0.5) is 0 Å². The Hall–Kier alpha value is -2.62. The van der Waals surface area contributed by atoms with Gasteiger partial charge >= 0.3 is 0 Å². The van der Waals surface area contributed by atoms with Crippen molar-refractivity contribution in [2.75, 3.05) is 0 Å². The number of carbonyl (C=O) groups is 1. The lowest BCUT2D eigenvalue weighted by atomic mass is 9.99. The molecule has 0 atom stereocenters. The molecular weight excluding hydrogens is 250 g/mol. The van der Waals surface area contributed by atoms with Gasteiger partial charge in [0.2, 0.25) is 0 Å². The molecule has 0 saturated carbocycles. The molecule has 98 valence electrons. The average Bonchev–Trinajstić information content (AvgIpc) is 2.48. The van der Waals surface area contributed by atoms with Gasteiger partial charge in [-0.1, -0.05) is 24.3 Å². The first-order valence-electron chi connectivity index (χ1n) is 6.35. The van der Waals surface area contributed by atoms with Gasteiger partial charge in [-0.05, 0) is 25.3 Å². The number of aryl methyl sites for hydroxylation is 2. The van der Waals surface area contributed by atoms with E-state index in [2.05, 4.69) is 15.2 Å². The number of carbonyl (C=O) groups excluding carboxylic acids is 1. The van der Waals surface area contributed by atoms with Crippen molar-refractivity contribution in [3.63, 3.8) is 0 Å². The van der Waals surface area contributed by atoms with E-state index < -0.39 is 0 Å². The van der Waals surface area contributed by atoms with E-state index >= 15 is 0 Å². The maximum Gasteiger partial charge on any atom is 0.197 e. The predicted octanol–water partition coefficient (Wildman–Crippen LogP) is 2.87. The number of nitrogens with zero attached hydrogens (tertiary/aromatic N) is 3. The van der Waals surface area contributed by atoms with Crippen LogP contribution >= 0.6 is 0 Å². The molecule has 4 heteroatoms. The van der Waals surface area contributed by atoms with Gasteiger partial charge in [0.05, 0.1) is 11.4 Å². The minimum absolute atomic E-state index is 0.0650. The first kappa shape index (κ1) is 12.4. The molecule has 0 aliphatic heterocycles.